The second-order valence-corrected chi connectivity index (χ2v) is 8.06. The normalized spacial score (nSPS) is 35.4. The van der Waals surface area contributed by atoms with E-state index in [2.05, 4.69) is 15.2 Å². The van der Waals surface area contributed by atoms with E-state index in [4.69, 9.17) is 9.47 Å². The van der Waals surface area contributed by atoms with E-state index in [1.165, 1.54) is 12.8 Å². The predicted molar refractivity (Wildman–Crippen MR) is 110 cm³/mol. The molecule has 0 saturated carbocycles. The minimum Gasteiger partial charge on any atom is -0.381 e. The lowest BCUT2D eigenvalue weighted by Crippen LogP contribution is -2.44. The number of likely N-dealkylation sites (tertiary alicyclic amines) is 1. The standard InChI is InChI=1S/C18H30N4O3.HI/c1-21(2)17(23)8-20-18(19-7-12-5-6-24-11-12)22-9-13-14(10-22)16-4-3-15(13)25-16;/h12-16H,3-11H2,1-2H3,(H,19,20);1H. The highest BCUT2D eigenvalue weighted by Crippen LogP contribution is 2.47. The fourth-order valence-electron chi connectivity index (χ4n) is 4.66. The third kappa shape index (κ3) is 4.11. The van der Waals surface area contributed by atoms with Gasteiger partial charge < -0.3 is 24.6 Å². The third-order valence-electron chi connectivity index (χ3n) is 6.19. The first-order valence-electron chi connectivity index (χ1n) is 9.58. The third-order valence-corrected chi connectivity index (χ3v) is 6.19. The van der Waals surface area contributed by atoms with Gasteiger partial charge >= 0.3 is 0 Å². The summed E-state index contributed by atoms with van der Waals surface area (Å²) in [6, 6.07) is 0. The average Bonchev–Trinajstić information content (AvgIpc) is 3.35. The van der Waals surface area contributed by atoms with Gasteiger partial charge in [-0.25, -0.2) is 4.99 Å². The van der Waals surface area contributed by atoms with Gasteiger partial charge in [0.05, 0.1) is 18.8 Å². The first-order valence-corrected chi connectivity index (χ1v) is 9.58. The van der Waals surface area contributed by atoms with Crippen molar-refractivity contribution in [1.29, 1.82) is 0 Å². The molecule has 4 heterocycles. The van der Waals surface area contributed by atoms with Gasteiger partial charge in [0.1, 0.15) is 6.54 Å². The summed E-state index contributed by atoms with van der Waals surface area (Å²) in [5.41, 5.74) is 0. The van der Waals surface area contributed by atoms with Crippen molar-refractivity contribution in [3.8, 4) is 0 Å². The molecular weight excluding hydrogens is 447 g/mol. The van der Waals surface area contributed by atoms with Crippen molar-refractivity contribution in [2.45, 2.75) is 31.5 Å². The monoisotopic (exact) mass is 478 g/mol. The van der Waals surface area contributed by atoms with Crippen LogP contribution in [0.5, 0.6) is 0 Å². The number of aliphatic imine (C=N–C) groups is 1. The molecule has 4 fully saturated rings. The van der Waals surface area contributed by atoms with Gasteiger partial charge in [0.25, 0.3) is 0 Å². The number of fused-ring (bicyclic) bond motifs is 5. The van der Waals surface area contributed by atoms with Crippen LogP contribution < -0.4 is 5.32 Å². The summed E-state index contributed by atoms with van der Waals surface area (Å²) in [5, 5.41) is 3.52. The van der Waals surface area contributed by atoms with Crippen LogP contribution in [-0.4, -0.2) is 87.4 Å². The second kappa shape index (κ2) is 8.60. The maximum absolute atomic E-state index is 12.0. The Bertz CT molecular complexity index is 521. The Kier molecular flexibility index (Phi) is 6.66. The number of likely N-dealkylation sites (N-methyl/N-ethyl adjacent to an activating group) is 1. The SMILES string of the molecule is CN(C)C(=O)CN=C(NCC1CCOC1)N1CC2C3CCC(O3)C2C1.I. The lowest BCUT2D eigenvalue weighted by Gasteiger charge is -2.25. The quantitative estimate of drug-likeness (QED) is 0.368. The summed E-state index contributed by atoms with van der Waals surface area (Å²) < 4.78 is 11.5. The fraction of sp³-hybridized carbons (Fsp3) is 0.889. The number of amides is 1. The number of halogens is 1. The van der Waals surface area contributed by atoms with E-state index in [-0.39, 0.29) is 36.4 Å². The zero-order chi connectivity index (χ0) is 17.4. The first-order chi connectivity index (χ1) is 12.1. The molecule has 0 aromatic heterocycles. The molecule has 0 radical (unpaired) electrons. The predicted octanol–water partition coefficient (Wildman–Crippen LogP) is 0.784. The van der Waals surface area contributed by atoms with Crippen molar-refractivity contribution in [3.05, 3.63) is 0 Å². The molecule has 0 aliphatic carbocycles. The van der Waals surface area contributed by atoms with Crippen LogP contribution in [0.4, 0.5) is 0 Å². The molecule has 8 heteroatoms. The highest BCUT2D eigenvalue weighted by molar-refractivity contribution is 14.0. The molecule has 4 aliphatic heterocycles. The number of hydrogen-bond donors (Lipinski definition) is 1. The molecule has 26 heavy (non-hydrogen) atoms. The van der Waals surface area contributed by atoms with Crippen molar-refractivity contribution >= 4 is 35.8 Å². The maximum atomic E-state index is 12.0. The highest BCUT2D eigenvalue weighted by Gasteiger charge is 2.53. The van der Waals surface area contributed by atoms with Crippen LogP contribution >= 0.6 is 24.0 Å². The van der Waals surface area contributed by atoms with Crippen molar-refractivity contribution in [1.82, 2.24) is 15.1 Å². The Morgan fingerprint density at radius 3 is 2.46 bits per heavy atom. The highest BCUT2D eigenvalue weighted by atomic mass is 127. The van der Waals surface area contributed by atoms with E-state index in [0.29, 0.717) is 30.0 Å². The number of rotatable bonds is 4. The molecule has 1 N–H and O–H groups in total. The number of guanidine groups is 1. The number of ether oxygens (including phenoxy) is 2. The van der Waals surface area contributed by atoms with Crippen LogP contribution in [0, 0.1) is 17.8 Å². The van der Waals surface area contributed by atoms with Crippen LogP contribution in [0.25, 0.3) is 0 Å². The molecule has 4 aliphatic rings. The van der Waals surface area contributed by atoms with Crippen LogP contribution in [0.3, 0.4) is 0 Å². The molecule has 4 rings (SSSR count). The van der Waals surface area contributed by atoms with Gasteiger partial charge in [0.15, 0.2) is 5.96 Å². The summed E-state index contributed by atoms with van der Waals surface area (Å²) in [6.07, 6.45) is 4.39. The van der Waals surface area contributed by atoms with Gasteiger partial charge in [0.2, 0.25) is 5.91 Å². The van der Waals surface area contributed by atoms with E-state index in [0.717, 1.165) is 45.2 Å². The summed E-state index contributed by atoms with van der Waals surface area (Å²) in [7, 11) is 3.55. The minimum absolute atomic E-state index is 0. The van der Waals surface area contributed by atoms with E-state index < -0.39 is 0 Å². The van der Waals surface area contributed by atoms with Crippen molar-refractivity contribution in [2.24, 2.45) is 22.7 Å². The second-order valence-electron chi connectivity index (χ2n) is 8.06. The van der Waals surface area contributed by atoms with E-state index in [9.17, 15) is 4.79 Å². The molecule has 0 aromatic rings. The maximum Gasteiger partial charge on any atom is 0.243 e. The summed E-state index contributed by atoms with van der Waals surface area (Å²) in [6.45, 7) is 4.73. The molecule has 5 atom stereocenters. The molecular formula is C18H31IN4O3. The molecule has 5 unspecified atom stereocenters. The Labute approximate surface area is 172 Å². The van der Waals surface area contributed by atoms with Crippen LogP contribution in [0.2, 0.25) is 0 Å². The molecule has 7 nitrogen and oxygen atoms in total. The minimum atomic E-state index is 0. The molecule has 148 valence electrons. The van der Waals surface area contributed by atoms with E-state index in [1.54, 1.807) is 19.0 Å². The van der Waals surface area contributed by atoms with Crippen molar-refractivity contribution in [3.63, 3.8) is 0 Å². The Balaban J connectivity index is 0.00000196. The smallest absolute Gasteiger partial charge is 0.243 e. The van der Waals surface area contributed by atoms with Crippen molar-refractivity contribution in [2.75, 3.05) is 53.5 Å². The number of nitrogens with zero attached hydrogens (tertiary/aromatic N) is 3. The zero-order valence-electron chi connectivity index (χ0n) is 15.7. The fourth-order valence-corrected chi connectivity index (χ4v) is 4.66. The Morgan fingerprint density at radius 1 is 1.19 bits per heavy atom. The van der Waals surface area contributed by atoms with Crippen LogP contribution in [0.1, 0.15) is 19.3 Å². The van der Waals surface area contributed by atoms with Crippen LogP contribution in [-0.2, 0) is 14.3 Å². The first kappa shape index (κ1) is 20.1. The zero-order valence-corrected chi connectivity index (χ0v) is 18.1. The van der Waals surface area contributed by atoms with Gasteiger partial charge in [-0.2, -0.15) is 0 Å². The molecule has 0 spiro atoms. The number of hydrogen-bond acceptors (Lipinski definition) is 4. The summed E-state index contributed by atoms with van der Waals surface area (Å²) in [4.78, 5) is 20.6. The molecule has 4 saturated heterocycles. The lowest BCUT2D eigenvalue weighted by molar-refractivity contribution is -0.127. The van der Waals surface area contributed by atoms with Gasteiger partial charge in [-0.1, -0.05) is 0 Å². The Hall–Kier alpha value is -0.610. The lowest BCUT2D eigenvalue weighted by atomic mass is 9.82. The van der Waals surface area contributed by atoms with Gasteiger partial charge in [-0.15, -0.1) is 24.0 Å². The van der Waals surface area contributed by atoms with E-state index in [1.807, 2.05) is 0 Å². The summed E-state index contributed by atoms with van der Waals surface area (Å²) >= 11 is 0. The molecule has 2 bridgehead atoms. The topological polar surface area (TPSA) is 66.4 Å². The Morgan fingerprint density at radius 2 is 1.88 bits per heavy atom. The number of nitrogens with one attached hydrogen (secondary N) is 1. The average molecular weight is 478 g/mol. The number of carbonyl (C=O) groups is 1. The molecule has 1 amide bonds. The van der Waals surface area contributed by atoms with Gasteiger partial charge in [0, 0.05) is 58.1 Å². The largest absolute Gasteiger partial charge is 0.381 e. The van der Waals surface area contributed by atoms with Gasteiger partial charge in [-0.05, 0) is 19.3 Å². The van der Waals surface area contributed by atoms with E-state index >= 15 is 0 Å². The van der Waals surface area contributed by atoms with Crippen molar-refractivity contribution < 1.29 is 14.3 Å². The molecule has 0 aromatic carbocycles. The van der Waals surface area contributed by atoms with Crippen LogP contribution in [0.15, 0.2) is 4.99 Å². The van der Waals surface area contributed by atoms with Gasteiger partial charge in [-0.3, -0.25) is 4.79 Å². The summed E-state index contributed by atoms with van der Waals surface area (Å²) in [5.74, 6) is 2.72. The number of carbonyl (C=O) groups excluding carboxylic acids is 1.